The molecule has 2 amide bonds. The number of rotatable bonds is 4. The van der Waals surface area contributed by atoms with Crippen molar-refractivity contribution in [1.29, 1.82) is 0 Å². The zero-order valence-electron chi connectivity index (χ0n) is 17.8. The van der Waals surface area contributed by atoms with E-state index in [1.807, 2.05) is 20.8 Å². The molecule has 1 saturated carbocycles. The van der Waals surface area contributed by atoms with Crippen LogP contribution in [0.3, 0.4) is 0 Å². The lowest BCUT2D eigenvalue weighted by Crippen LogP contribution is -2.47. The van der Waals surface area contributed by atoms with Crippen LogP contribution in [0.4, 0.5) is 4.79 Å². The first-order valence-corrected chi connectivity index (χ1v) is 9.89. The van der Waals surface area contributed by atoms with E-state index < -0.39 is 5.60 Å². The predicted molar refractivity (Wildman–Crippen MR) is 121 cm³/mol. The van der Waals surface area contributed by atoms with Gasteiger partial charge >= 0.3 is 6.09 Å². The molecule has 2 rings (SSSR count). The van der Waals surface area contributed by atoms with Gasteiger partial charge in [-0.2, -0.15) is 0 Å². The molecule has 28 heavy (non-hydrogen) atoms. The maximum atomic E-state index is 12.0. The van der Waals surface area contributed by atoms with Crippen molar-refractivity contribution in [1.82, 2.24) is 20.4 Å². The van der Waals surface area contributed by atoms with E-state index in [0.717, 1.165) is 31.8 Å². The maximum absolute atomic E-state index is 12.0. The molecule has 1 aliphatic carbocycles. The summed E-state index contributed by atoms with van der Waals surface area (Å²) in [4.78, 5) is 32.2. The SMILES string of the molecule is CN(C)C(=O)CN=C(NC1CCCC1)N1CCC(NC(=O)OC(C)(C)C)C1.I. The molecule has 0 aromatic heterocycles. The number of carbonyl (C=O) groups is 2. The van der Waals surface area contributed by atoms with Gasteiger partial charge in [-0.25, -0.2) is 9.79 Å². The number of alkyl carbamates (subject to hydrolysis) is 1. The fourth-order valence-corrected chi connectivity index (χ4v) is 3.32. The van der Waals surface area contributed by atoms with Gasteiger partial charge in [-0.1, -0.05) is 12.8 Å². The van der Waals surface area contributed by atoms with Crippen molar-refractivity contribution in [2.24, 2.45) is 4.99 Å². The predicted octanol–water partition coefficient (Wildman–Crippen LogP) is 2.18. The van der Waals surface area contributed by atoms with Crippen molar-refractivity contribution in [2.75, 3.05) is 33.7 Å². The Labute approximate surface area is 185 Å². The molecule has 1 saturated heterocycles. The van der Waals surface area contributed by atoms with Gasteiger partial charge in [0, 0.05) is 33.2 Å². The number of aliphatic imine (C=N–C) groups is 1. The number of hydrogen-bond acceptors (Lipinski definition) is 4. The van der Waals surface area contributed by atoms with Gasteiger partial charge in [0.2, 0.25) is 5.91 Å². The Hall–Kier alpha value is -1.26. The summed E-state index contributed by atoms with van der Waals surface area (Å²) >= 11 is 0. The number of nitrogens with one attached hydrogen (secondary N) is 2. The quantitative estimate of drug-likeness (QED) is 0.345. The third-order valence-electron chi connectivity index (χ3n) is 4.76. The zero-order chi connectivity index (χ0) is 20.0. The molecular formula is C19H36IN5O3. The van der Waals surface area contributed by atoms with E-state index in [1.165, 1.54) is 12.8 Å². The molecule has 1 unspecified atom stereocenters. The van der Waals surface area contributed by atoms with E-state index in [1.54, 1.807) is 19.0 Å². The van der Waals surface area contributed by atoms with E-state index in [0.29, 0.717) is 12.6 Å². The molecule has 0 spiro atoms. The smallest absolute Gasteiger partial charge is 0.407 e. The summed E-state index contributed by atoms with van der Waals surface area (Å²) in [6, 6.07) is 0.427. The molecule has 0 aromatic rings. The summed E-state index contributed by atoms with van der Waals surface area (Å²) in [5.41, 5.74) is -0.508. The second-order valence-electron chi connectivity index (χ2n) is 8.63. The number of halogens is 1. The third-order valence-corrected chi connectivity index (χ3v) is 4.76. The first-order valence-electron chi connectivity index (χ1n) is 9.89. The highest BCUT2D eigenvalue weighted by Gasteiger charge is 2.29. The van der Waals surface area contributed by atoms with Crippen LogP contribution < -0.4 is 10.6 Å². The van der Waals surface area contributed by atoms with Gasteiger partial charge in [0.25, 0.3) is 0 Å². The van der Waals surface area contributed by atoms with Crippen LogP contribution in [0.1, 0.15) is 52.9 Å². The molecule has 9 heteroatoms. The normalized spacial score (nSPS) is 20.5. The first kappa shape index (κ1) is 24.8. The van der Waals surface area contributed by atoms with Crippen molar-refractivity contribution >= 4 is 41.9 Å². The number of ether oxygens (including phenoxy) is 1. The molecule has 2 aliphatic rings. The van der Waals surface area contributed by atoms with Crippen molar-refractivity contribution in [3.63, 3.8) is 0 Å². The highest BCUT2D eigenvalue weighted by atomic mass is 127. The number of amides is 2. The first-order chi connectivity index (χ1) is 12.6. The summed E-state index contributed by atoms with van der Waals surface area (Å²) in [6.45, 7) is 7.13. The van der Waals surface area contributed by atoms with Crippen LogP contribution in [0, 0.1) is 0 Å². The number of hydrogen-bond donors (Lipinski definition) is 2. The second-order valence-corrected chi connectivity index (χ2v) is 8.63. The average molecular weight is 509 g/mol. The summed E-state index contributed by atoms with van der Waals surface area (Å²) in [5.74, 6) is 0.744. The van der Waals surface area contributed by atoms with Gasteiger partial charge in [-0.05, 0) is 40.0 Å². The highest BCUT2D eigenvalue weighted by molar-refractivity contribution is 14.0. The van der Waals surface area contributed by atoms with Crippen LogP contribution in [0.2, 0.25) is 0 Å². The molecule has 8 nitrogen and oxygen atoms in total. The standard InChI is InChI=1S/C19H35N5O3.HI/c1-19(2,3)27-18(26)22-15-10-11-24(13-15)17(20-12-16(25)23(4)5)21-14-8-6-7-9-14;/h14-15H,6-13H2,1-5H3,(H,20,21)(H,22,26);1H. The Kier molecular flexibility index (Phi) is 9.79. The molecule has 1 heterocycles. The molecule has 1 aliphatic heterocycles. The van der Waals surface area contributed by atoms with Crippen LogP contribution in [-0.2, 0) is 9.53 Å². The lowest BCUT2D eigenvalue weighted by atomic mass is 10.2. The minimum absolute atomic E-state index is 0. The molecular weight excluding hydrogens is 473 g/mol. The fourth-order valence-electron chi connectivity index (χ4n) is 3.32. The number of likely N-dealkylation sites (N-methyl/N-ethyl adjacent to an activating group) is 1. The Morgan fingerprint density at radius 2 is 1.75 bits per heavy atom. The van der Waals surface area contributed by atoms with E-state index in [-0.39, 0.29) is 48.6 Å². The maximum Gasteiger partial charge on any atom is 0.407 e. The average Bonchev–Trinajstić information content (AvgIpc) is 3.20. The van der Waals surface area contributed by atoms with Crippen molar-refractivity contribution in [3.05, 3.63) is 0 Å². The summed E-state index contributed by atoms with van der Waals surface area (Å²) in [7, 11) is 3.47. The van der Waals surface area contributed by atoms with Gasteiger partial charge in [0.1, 0.15) is 12.1 Å². The Morgan fingerprint density at radius 3 is 2.32 bits per heavy atom. The summed E-state index contributed by atoms with van der Waals surface area (Å²) in [5, 5.41) is 6.46. The van der Waals surface area contributed by atoms with E-state index in [9.17, 15) is 9.59 Å². The Bertz CT molecular complexity index is 556. The second kappa shape index (κ2) is 11.1. The fraction of sp³-hybridized carbons (Fsp3) is 0.842. The van der Waals surface area contributed by atoms with E-state index in [2.05, 4.69) is 20.5 Å². The molecule has 2 N–H and O–H groups in total. The lowest BCUT2D eigenvalue weighted by Gasteiger charge is -2.26. The van der Waals surface area contributed by atoms with Gasteiger partial charge in [0.15, 0.2) is 5.96 Å². The number of guanidine groups is 1. The van der Waals surface area contributed by atoms with Gasteiger partial charge in [0.05, 0.1) is 6.04 Å². The zero-order valence-corrected chi connectivity index (χ0v) is 20.1. The van der Waals surface area contributed by atoms with Gasteiger partial charge < -0.3 is 25.2 Å². The topological polar surface area (TPSA) is 86.3 Å². The van der Waals surface area contributed by atoms with Crippen LogP contribution in [0.25, 0.3) is 0 Å². The Balaban J connectivity index is 0.00000392. The van der Waals surface area contributed by atoms with Crippen LogP contribution in [0.5, 0.6) is 0 Å². The molecule has 0 radical (unpaired) electrons. The molecule has 162 valence electrons. The minimum Gasteiger partial charge on any atom is -0.444 e. The highest BCUT2D eigenvalue weighted by Crippen LogP contribution is 2.19. The van der Waals surface area contributed by atoms with Crippen molar-refractivity contribution in [3.8, 4) is 0 Å². The molecule has 1 atom stereocenters. The lowest BCUT2D eigenvalue weighted by molar-refractivity contribution is -0.127. The summed E-state index contributed by atoms with van der Waals surface area (Å²) < 4.78 is 5.34. The van der Waals surface area contributed by atoms with Gasteiger partial charge in [-0.3, -0.25) is 4.79 Å². The van der Waals surface area contributed by atoms with E-state index >= 15 is 0 Å². The third kappa shape index (κ3) is 8.40. The van der Waals surface area contributed by atoms with E-state index in [4.69, 9.17) is 4.74 Å². The van der Waals surface area contributed by atoms with Crippen LogP contribution in [-0.4, -0.2) is 79.2 Å². The number of nitrogens with zero attached hydrogens (tertiary/aromatic N) is 3. The molecule has 2 fully saturated rings. The van der Waals surface area contributed by atoms with Crippen LogP contribution >= 0.6 is 24.0 Å². The Morgan fingerprint density at radius 1 is 1.11 bits per heavy atom. The van der Waals surface area contributed by atoms with Crippen molar-refractivity contribution < 1.29 is 14.3 Å². The monoisotopic (exact) mass is 509 g/mol. The summed E-state index contributed by atoms with van der Waals surface area (Å²) in [6.07, 6.45) is 5.16. The van der Waals surface area contributed by atoms with Crippen LogP contribution in [0.15, 0.2) is 4.99 Å². The van der Waals surface area contributed by atoms with Crippen molar-refractivity contribution in [2.45, 2.75) is 70.6 Å². The number of likely N-dealkylation sites (tertiary alicyclic amines) is 1. The minimum atomic E-state index is -0.508. The van der Waals surface area contributed by atoms with Gasteiger partial charge in [-0.15, -0.1) is 24.0 Å². The molecule has 0 aromatic carbocycles. The number of carbonyl (C=O) groups excluding carboxylic acids is 2. The molecule has 0 bridgehead atoms. The largest absolute Gasteiger partial charge is 0.444 e.